The van der Waals surface area contributed by atoms with E-state index < -0.39 is 45.1 Å². The average molecular weight is 401 g/mol. The molecule has 0 aromatic heterocycles. The summed E-state index contributed by atoms with van der Waals surface area (Å²) in [7, 11) is 0. The van der Waals surface area contributed by atoms with E-state index in [1.807, 2.05) is 0 Å². The smallest absolute Gasteiger partial charge is 0.337 e. The van der Waals surface area contributed by atoms with Crippen LogP contribution in [0, 0.1) is 11.6 Å². The molecule has 1 aromatic carbocycles. The van der Waals surface area contributed by atoms with Crippen LogP contribution in [0.4, 0.5) is 19.3 Å². The highest BCUT2D eigenvalue weighted by molar-refractivity contribution is 6.68. The molecule has 0 saturated carbocycles. The number of amidine groups is 1. The van der Waals surface area contributed by atoms with Gasteiger partial charge in [-0.2, -0.15) is 0 Å². The summed E-state index contributed by atoms with van der Waals surface area (Å²) in [6, 6.07) is 1.42. The van der Waals surface area contributed by atoms with Crippen LogP contribution in [0.15, 0.2) is 23.2 Å². The van der Waals surface area contributed by atoms with E-state index in [0.717, 1.165) is 17.0 Å². The van der Waals surface area contributed by atoms with Crippen molar-refractivity contribution >= 4 is 58.3 Å². The Hall–Kier alpha value is -1.48. The van der Waals surface area contributed by atoms with Crippen molar-refractivity contribution in [1.82, 2.24) is 4.90 Å². The SMILES string of the molecule is CCN1C(=O)N(c2ccc(F)cc2F)C(=O)/C1=N/C(O)C(Cl)(Cl)Cl. The Morgan fingerprint density at radius 3 is 2.42 bits per heavy atom. The Kier molecular flexibility index (Phi) is 5.34. The minimum absolute atomic E-state index is 0.0186. The second-order valence-electron chi connectivity index (χ2n) is 4.63. The monoisotopic (exact) mass is 399 g/mol. The zero-order chi connectivity index (χ0) is 18.2. The standard InChI is InChI=1S/C13H10Cl3F2N3O3/c1-2-20-9(19-11(23)13(14,15)16)10(22)21(12(20)24)8-4-3-6(17)5-7(8)18/h3-5,11,23H,2H2,1H3/b19-9-. The third kappa shape index (κ3) is 3.46. The molecule has 0 aliphatic carbocycles. The maximum atomic E-state index is 13.9. The average Bonchev–Trinajstić information content (AvgIpc) is 2.69. The zero-order valence-electron chi connectivity index (χ0n) is 12.0. The second kappa shape index (κ2) is 6.79. The summed E-state index contributed by atoms with van der Waals surface area (Å²) in [6.07, 6.45) is -1.93. The number of hydrogen-bond donors (Lipinski definition) is 1. The van der Waals surface area contributed by atoms with Gasteiger partial charge in [-0.1, -0.05) is 34.8 Å². The summed E-state index contributed by atoms with van der Waals surface area (Å²) in [5.41, 5.74) is -0.460. The predicted molar refractivity (Wildman–Crippen MR) is 85.4 cm³/mol. The highest BCUT2D eigenvalue weighted by atomic mass is 35.6. The van der Waals surface area contributed by atoms with Crippen molar-refractivity contribution in [1.29, 1.82) is 0 Å². The molecule has 2 rings (SSSR count). The van der Waals surface area contributed by atoms with Crippen LogP contribution in [0.5, 0.6) is 0 Å². The number of halogens is 5. The Morgan fingerprint density at radius 2 is 1.92 bits per heavy atom. The van der Waals surface area contributed by atoms with Gasteiger partial charge in [-0.15, -0.1) is 0 Å². The van der Waals surface area contributed by atoms with Gasteiger partial charge in [0.1, 0.15) is 11.6 Å². The molecule has 1 fully saturated rings. The van der Waals surface area contributed by atoms with Crippen molar-refractivity contribution in [3.63, 3.8) is 0 Å². The number of alkyl halides is 3. The number of anilines is 1. The van der Waals surface area contributed by atoms with Crippen molar-refractivity contribution in [2.75, 3.05) is 11.4 Å². The van der Waals surface area contributed by atoms with Gasteiger partial charge in [0.05, 0.1) is 5.69 Å². The van der Waals surface area contributed by atoms with Crippen molar-refractivity contribution in [2.45, 2.75) is 16.9 Å². The highest BCUT2D eigenvalue weighted by Gasteiger charge is 2.45. The fourth-order valence-electron chi connectivity index (χ4n) is 1.99. The molecule has 1 saturated heterocycles. The lowest BCUT2D eigenvalue weighted by atomic mass is 10.2. The third-order valence-electron chi connectivity index (χ3n) is 3.08. The third-order valence-corrected chi connectivity index (χ3v) is 3.66. The molecule has 0 bridgehead atoms. The number of urea groups is 1. The molecule has 1 unspecified atom stereocenters. The number of rotatable bonds is 3. The summed E-state index contributed by atoms with van der Waals surface area (Å²) < 4.78 is 24.7. The van der Waals surface area contributed by atoms with E-state index in [9.17, 15) is 23.5 Å². The summed E-state index contributed by atoms with van der Waals surface area (Å²) >= 11 is 16.4. The van der Waals surface area contributed by atoms with Crippen molar-refractivity contribution in [2.24, 2.45) is 4.99 Å². The van der Waals surface area contributed by atoms with Gasteiger partial charge in [-0.05, 0) is 19.1 Å². The Bertz CT molecular complexity index is 724. The molecule has 1 heterocycles. The fourth-order valence-corrected chi connectivity index (χ4v) is 2.13. The van der Waals surface area contributed by atoms with Crippen molar-refractivity contribution in [3.8, 4) is 0 Å². The Morgan fingerprint density at radius 1 is 1.29 bits per heavy atom. The number of likely N-dealkylation sites (N-methyl/N-ethyl adjacent to an activating group) is 1. The van der Waals surface area contributed by atoms with Gasteiger partial charge in [0.15, 0.2) is 6.23 Å². The van der Waals surface area contributed by atoms with E-state index in [1.165, 1.54) is 6.92 Å². The first-order chi connectivity index (χ1) is 11.1. The van der Waals surface area contributed by atoms with Crippen LogP contribution >= 0.6 is 34.8 Å². The topological polar surface area (TPSA) is 73.2 Å². The molecule has 11 heteroatoms. The lowest BCUT2D eigenvalue weighted by molar-refractivity contribution is -0.111. The van der Waals surface area contributed by atoms with Crippen LogP contribution in [-0.4, -0.2) is 44.3 Å². The van der Waals surface area contributed by atoms with Crippen LogP contribution in [0.1, 0.15) is 6.92 Å². The van der Waals surface area contributed by atoms with Crippen LogP contribution in [-0.2, 0) is 4.79 Å². The summed E-state index contributed by atoms with van der Waals surface area (Å²) in [5.74, 6) is -3.55. The maximum Gasteiger partial charge on any atom is 0.337 e. The molecule has 24 heavy (non-hydrogen) atoms. The molecule has 0 spiro atoms. The van der Waals surface area contributed by atoms with Crippen molar-refractivity contribution in [3.05, 3.63) is 29.8 Å². The molecular weight excluding hydrogens is 391 g/mol. The minimum atomic E-state index is -2.23. The summed E-state index contributed by atoms with van der Waals surface area (Å²) in [6.45, 7) is 1.50. The first-order valence-corrected chi connectivity index (χ1v) is 7.65. The van der Waals surface area contributed by atoms with Gasteiger partial charge in [0.2, 0.25) is 9.63 Å². The van der Waals surface area contributed by atoms with Crippen LogP contribution in [0.25, 0.3) is 0 Å². The van der Waals surface area contributed by atoms with Crippen LogP contribution in [0.3, 0.4) is 0 Å². The van der Waals surface area contributed by atoms with Gasteiger partial charge in [-0.3, -0.25) is 9.69 Å². The van der Waals surface area contributed by atoms with Crippen molar-refractivity contribution < 1.29 is 23.5 Å². The first kappa shape index (κ1) is 18.9. The number of carbonyl (C=O) groups excluding carboxylic acids is 2. The quantitative estimate of drug-likeness (QED) is 0.626. The van der Waals surface area contributed by atoms with E-state index in [0.29, 0.717) is 11.0 Å². The van der Waals surface area contributed by atoms with E-state index in [1.54, 1.807) is 0 Å². The second-order valence-corrected chi connectivity index (χ2v) is 7.00. The molecule has 1 aromatic rings. The largest absolute Gasteiger partial charge is 0.368 e. The number of imide groups is 1. The predicted octanol–water partition coefficient (Wildman–Crippen LogP) is 2.84. The summed E-state index contributed by atoms with van der Waals surface area (Å²) in [4.78, 5) is 29.6. The zero-order valence-corrected chi connectivity index (χ0v) is 14.3. The number of aliphatic hydroxyl groups excluding tert-OH is 1. The number of aliphatic hydroxyl groups is 1. The number of benzene rings is 1. The molecule has 1 N–H and O–H groups in total. The van der Waals surface area contributed by atoms with E-state index in [-0.39, 0.29) is 6.54 Å². The maximum absolute atomic E-state index is 13.9. The molecule has 1 aliphatic rings. The molecule has 1 aliphatic heterocycles. The van der Waals surface area contributed by atoms with Crippen LogP contribution in [0.2, 0.25) is 0 Å². The van der Waals surface area contributed by atoms with E-state index in [4.69, 9.17) is 34.8 Å². The lowest BCUT2D eigenvalue weighted by Gasteiger charge is -2.17. The minimum Gasteiger partial charge on any atom is -0.368 e. The fraction of sp³-hybridized carbons (Fsp3) is 0.308. The molecule has 130 valence electrons. The van der Waals surface area contributed by atoms with Gasteiger partial charge >= 0.3 is 11.9 Å². The van der Waals surface area contributed by atoms with E-state index >= 15 is 0 Å². The molecular formula is C13H10Cl3F2N3O3. The number of carbonyl (C=O) groups is 2. The van der Waals surface area contributed by atoms with Gasteiger partial charge < -0.3 is 5.11 Å². The number of amides is 3. The van der Waals surface area contributed by atoms with Gasteiger partial charge in [-0.25, -0.2) is 23.5 Å². The normalized spacial score (nSPS) is 18.7. The Balaban J connectivity index is 2.49. The van der Waals surface area contributed by atoms with Gasteiger partial charge in [0, 0.05) is 12.6 Å². The number of hydrogen-bond acceptors (Lipinski definition) is 4. The van der Waals surface area contributed by atoms with E-state index in [2.05, 4.69) is 4.99 Å². The lowest BCUT2D eigenvalue weighted by Crippen LogP contribution is -2.34. The number of nitrogens with zero attached hydrogens (tertiary/aromatic N) is 3. The number of aliphatic imine (C=N–C) groups is 1. The molecule has 1 atom stereocenters. The van der Waals surface area contributed by atoms with Gasteiger partial charge in [0.25, 0.3) is 0 Å². The molecule has 3 amide bonds. The first-order valence-electron chi connectivity index (χ1n) is 6.51. The summed E-state index contributed by atoms with van der Waals surface area (Å²) in [5, 5.41) is 9.70. The van der Waals surface area contributed by atoms with Crippen LogP contribution < -0.4 is 4.90 Å². The molecule has 6 nitrogen and oxygen atoms in total. The Labute approximate surface area is 150 Å². The highest BCUT2D eigenvalue weighted by Crippen LogP contribution is 2.32. The molecule has 0 radical (unpaired) electrons.